The molecule has 116 valence electrons. The first-order valence-electron chi connectivity index (χ1n) is 7.98. The van der Waals surface area contributed by atoms with Crippen LogP contribution in [0.3, 0.4) is 0 Å². The number of hydrogen-bond acceptors (Lipinski definition) is 7. The first-order chi connectivity index (χ1) is 10.9. The molecule has 7 nitrogen and oxygen atoms in total. The Morgan fingerprint density at radius 1 is 1.32 bits per heavy atom. The van der Waals surface area contributed by atoms with Crippen LogP contribution in [0.15, 0.2) is 22.9 Å². The molecule has 1 N–H and O–H groups in total. The average molecular weight is 300 g/mol. The summed E-state index contributed by atoms with van der Waals surface area (Å²) in [6.45, 7) is 2.56. The fourth-order valence-corrected chi connectivity index (χ4v) is 2.99. The third kappa shape index (κ3) is 2.94. The summed E-state index contributed by atoms with van der Waals surface area (Å²) in [6, 6.07) is 4.40. The van der Waals surface area contributed by atoms with Crippen molar-refractivity contribution in [1.29, 1.82) is 0 Å². The van der Waals surface area contributed by atoms with E-state index < -0.39 is 0 Å². The minimum Gasteiger partial charge on any atom is -0.351 e. The SMILES string of the molecule is c1cnnc(N2CCC[C@H]2CNCc2nc(C3CC3)no2)c1. The van der Waals surface area contributed by atoms with Crippen molar-refractivity contribution in [1.82, 2.24) is 25.7 Å². The number of nitrogens with one attached hydrogen (secondary N) is 1. The smallest absolute Gasteiger partial charge is 0.240 e. The standard InChI is InChI=1S/C15H20N6O/c1-4-13(19-17-7-1)21-8-2-3-12(21)9-16-10-14-18-15(20-22-14)11-5-6-11/h1,4,7,11-12,16H,2-3,5-6,8-10H2/t12-/m0/s1. The second-order valence-electron chi connectivity index (χ2n) is 6.02. The van der Waals surface area contributed by atoms with Gasteiger partial charge in [-0.3, -0.25) is 0 Å². The molecule has 1 atom stereocenters. The quantitative estimate of drug-likeness (QED) is 0.865. The van der Waals surface area contributed by atoms with Crippen molar-refractivity contribution in [3.8, 4) is 0 Å². The maximum Gasteiger partial charge on any atom is 0.240 e. The predicted octanol–water partition coefficient (Wildman–Crippen LogP) is 1.50. The van der Waals surface area contributed by atoms with Crippen LogP contribution in [0.2, 0.25) is 0 Å². The number of nitrogens with zero attached hydrogens (tertiary/aromatic N) is 5. The highest BCUT2D eigenvalue weighted by molar-refractivity contribution is 5.39. The molecule has 0 radical (unpaired) electrons. The van der Waals surface area contributed by atoms with E-state index >= 15 is 0 Å². The molecule has 2 fully saturated rings. The first-order valence-corrected chi connectivity index (χ1v) is 7.98. The molecule has 2 aromatic heterocycles. The Labute approximate surface area is 129 Å². The molecule has 1 aliphatic carbocycles. The van der Waals surface area contributed by atoms with E-state index in [-0.39, 0.29) is 0 Å². The van der Waals surface area contributed by atoms with Crippen molar-refractivity contribution in [2.75, 3.05) is 18.0 Å². The van der Waals surface area contributed by atoms with Crippen molar-refractivity contribution in [2.45, 2.75) is 44.2 Å². The van der Waals surface area contributed by atoms with E-state index in [2.05, 4.69) is 30.6 Å². The maximum absolute atomic E-state index is 5.28. The van der Waals surface area contributed by atoms with Crippen LogP contribution >= 0.6 is 0 Å². The number of aromatic nitrogens is 4. The van der Waals surface area contributed by atoms with Gasteiger partial charge in [0.25, 0.3) is 0 Å². The third-order valence-corrected chi connectivity index (χ3v) is 4.31. The van der Waals surface area contributed by atoms with E-state index in [0.717, 1.165) is 24.7 Å². The Balaban J connectivity index is 1.30. The summed E-state index contributed by atoms with van der Waals surface area (Å²) in [6.07, 6.45) is 6.46. The summed E-state index contributed by atoms with van der Waals surface area (Å²) < 4.78 is 5.28. The van der Waals surface area contributed by atoms with Crippen molar-refractivity contribution < 1.29 is 4.52 Å². The van der Waals surface area contributed by atoms with Gasteiger partial charge in [0, 0.05) is 31.2 Å². The van der Waals surface area contributed by atoms with Gasteiger partial charge in [-0.1, -0.05) is 5.16 Å². The molecular weight excluding hydrogens is 280 g/mol. The first kappa shape index (κ1) is 13.6. The molecule has 22 heavy (non-hydrogen) atoms. The summed E-state index contributed by atoms with van der Waals surface area (Å²) >= 11 is 0. The minimum atomic E-state index is 0.447. The Hall–Kier alpha value is -2.02. The fourth-order valence-electron chi connectivity index (χ4n) is 2.99. The monoisotopic (exact) mass is 300 g/mol. The lowest BCUT2D eigenvalue weighted by Crippen LogP contribution is -2.38. The van der Waals surface area contributed by atoms with Crippen LogP contribution in [0.1, 0.15) is 43.3 Å². The Morgan fingerprint density at radius 2 is 2.27 bits per heavy atom. The van der Waals surface area contributed by atoms with Crippen LogP contribution in [0.5, 0.6) is 0 Å². The van der Waals surface area contributed by atoms with E-state index in [4.69, 9.17) is 4.52 Å². The molecule has 1 saturated carbocycles. The van der Waals surface area contributed by atoms with E-state index in [1.54, 1.807) is 6.20 Å². The lowest BCUT2D eigenvalue weighted by molar-refractivity contribution is 0.361. The van der Waals surface area contributed by atoms with Crippen molar-refractivity contribution >= 4 is 5.82 Å². The maximum atomic E-state index is 5.28. The molecule has 0 amide bonds. The van der Waals surface area contributed by atoms with E-state index in [1.807, 2.05) is 12.1 Å². The lowest BCUT2D eigenvalue weighted by Gasteiger charge is -2.25. The predicted molar refractivity (Wildman–Crippen MR) is 80.4 cm³/mol. The zero-order valence-corrected chi connectivity index (χ0v) is 12.5. The van der Waals surface area contributed by atoms with Crippen molar-refractivity contribution in [3.63, 3.8) is 0 Å². The van der Waals surface area contributed by atoms with Gasteiger partial charge in [-0.2, -0.15) is 10.1 Å². The van der Waals surface area contributed by atoms with Gasteiger partial charge in [-0.15, -0.1) is 5.10 Å². The summed E-state index contributed by atoms with van der Waals surface area (Å²) in [5, 5.41) is 15.7. The van der Waals surface area contributed by atoms with Crippen LogP contribution in [-0.2, 0) is 6.54 Å². The highest BCUT2D eigenvalue weighted by Crippen LogP contribution is 2.38. The normalized spacial score (nSPS) is 21.5. The molecule has 7 heteroatoms. The van der Waals surface area contributed by atoms with Crippen LogP contribution in [0, 0.1) is 0 Å². The highest BCUT2D eigenvalue weighted by Gasteiger charge is 2.29. The van der Waals surface area contributed by atoms with Crippen molar-refractivity contribution in [2.24, 2.45) is 0 Å². The molecular formula is C15H20N6O. The van der Waals surface area contributed by atoms with Gasteiger partial charge in [0.1, 0.15) is 0 Å². The average Bonchev–Trinajstić information content (AvgIpc) is 3.12. The van der Waals surface area contributed by atoms with Gasteiger partial charge in [-0.25, -0.2) is 0 Å². The Bertz CT molecular complexity index is 612. The second-order valence-corrected chi connectivity index (χ2v) is 6.02. The summed E-state index contributed by atoms with van der Waals surface area (Å²) in [4.78, 5) is 6.76. The van der Waals surface area contributed by atoms with Gasteiger partial charge in [0.15, 0.2) is 11.6 Å². The second kappa shape index (κ2) is 6.00. The summed E-state index contributed by atoms with van der Waals surface area (Å²) in [5.74, 6) is 3.06. The molecule has 1 aliphatic heterocycles. The molecule has 0 aromatic carbocycles. The largest absolute Gasteiger partial charge is 0.351 e. The van der Waals surface area contributed by atoms with Crippen LogP contribution < -0.4 is 10.2 Å². The van der Waals surface area contributed by atoms with E-state index in [1.165, 1.54) is 25.7 Å². The molecule has 2 aromatic rings. The number of anilines is 1. The van der Waals surface area contributed by atoms with Gasteiger partial charge >= 0.3 is 0 Å². The van der Waals surface area contributed by atoms with Gasteiger partial charge in [0.2, 0.25) is 5.89 Å². The summed E-state index contributed by atoms with van der Waals surface area (Å²) in [5.41, 5.74) is 0. The summed E-state index contributed by atoms with van der Waals surface area (Å²) in [7, 11) is 0. The molecule has 0 spiro atoms. The van der Waals surface area contributed by atoms with E-state index in [9.17, 15) is 0 Å². The molecule has 0 unspecified atom stereocenters. The van der Waals surface area contributed by atoms with Gasteiger partial charge in [0.05, 0.1) is 6.54 Å². The zero-order chi connectivity index (χ0) is 14.8. The Morgan fingerprint density at radius 3 is 3.09 bits per heavy atom. The number of rotatable bonds is 6. The van der Waals surface area contributed by atoms with Crippen molar-refractivity contribution in [3.05, 3.63) is 30.0 Å². The third-order valence-electron chi connectivity index (χ3n) is 4.31. The van der Waals surface area contributed by atoms with Crippen LogP contribution in [-0.4, -0.2) is 39.5 Å². The lowest BCUT2D eigenvalue weighted by atomic mass is 10.2. The molecule has 0 bridgehead atoms. The van der Waals surface area contributed by atoms with Gasteiger partial charge in [-0.05, 0) is 37.8 Å². The van der Waals surface area contributed by atoms with Crippen LogP contribution in [0.25, 0.3) is 0 Å². The van der Waals surface area contributed by atoms with Crippen LogP contribution in [0.4, 0.5) is 5.82 Å². The topological polar surface area (TPSA) is 80.0 Å². The number of hydrogen-bond donors (Lipinski definition) is 1. The van der Waals surface area contributed by atoms with E-state index in [0.29, 0.717) is 24.4 Å². The van der Waals surface area contributed by atoms with Gasteiger partial charge < -0.3 is 14.7 Å². The minimum absolute atomic E-state index is 0.447. The molecule has 4 rings (SSSR count). The molecule has 2 aliphatic rings. The molecule has 1 saturated heterocycles. The zero-order valence-electron chi connectivity index (χ0n) is 12.5. The fraction of sp³-hybridized carbons (Fsp3) is 0.600. The molecule has 3 heterocycles. The Kier molecular flexibility index (Phi) is 3.72. The highest BCUT2D eigenvalue weighted by atomic mass is 16.5.